The summed E-state index contributed by atoms with van der Waals surface area (Å²) in [6, 6.07) is 22.6. The lowest BCUT2D eigenvalue weighted by Gasteiger charge is -2.15. The Bertz CT molecular complexity index is 1160. The number of aromatic nitrogens is 2. The summed E-state index contributed by atoms with van der Waals surface area (Å²) in [5.41, 5.74) is 6.43. The minimum Gasteiger partial charge on any atom is -0.346 e. The van der Waals surface area contributed by atoms with Gasteiger partial charge in [0.2, 0.25) is 0 Å². The Hall–Kier alpha value is -3.40. The van der Waals surface area contributed by atoms with Crippen LogP contribution in [0.4, 0.5) is 0 Å². The van der Waals surface area contributed by atoms with Crippen LogP contribution in [0.25, 0.3) is 10.9 Å². The van der Waals surface area contributed by atoms with Crippen LogP contribution in [-0.4, -0.2) is 15.7 Å². The smallest absolute Gasteiger partial charge is 0.251 e. The summed E-state index contributed by atoms with van der Waals surface area (Å²) < 4.78 is 1.95. The molecule has 0 radical (unpaired) electrons. The lowest BCUT2D eigenvalue weighted by atomic mass is 10.0. The Kier molecular flexibility index (Phi) is 5.66. The van der Waals surface area contributed by atoms with E-state index in [1.807, 2.05) is 36.0 Å². The Morgan fingerprint density at radius 3 is 2.40 bits per heavy atom. The number of amides is 1. The van der Waals surface area contributed by atoms with Gasteiger partial charge in [-0.25, -0.2) is 0 Å². The molecule has 4 heteroatoms. The fraction of sp³-hybridized carbons (Fsp3) is 0.231. The molecule has 0 aliphatic rings. The van der Waals surface area contributed by atoms with Crippen molar-refractivity contribution in [2.75, 3.05) is 0 Å². The van der Waals surface area contributed by atoms with E-state index in [1.165, 1.54) is 16.7 Å². The van der Waals surface area contributed by atoms with Gasteiger partial charge in [0.25, 0.3) is 5.91 Å². The van der Waals surface area contributed by atoms with Gasteiger partial charge in [-0.15, -0.1) is 0 Å². The molecule has 30 heavy (non-hydrogen) atoms. The van der Waals surface area contributed by atoms with E-state index in [9.17, 15) is 4.79 Å². The number of fused-ring (bicyclic) bond motifs is 1. The first kappa shape index (κ1) is 19.9. The molecule has 0 saturated carbocycles. The van der Waals surface area contributed by atoms with Gasteiger partial charge in [0.15, 0.2) is 0 Å². The molecule has 0 spiro atoms. The van der Waals surface area contributed by atoms with Crippen molar-refractivity contribution in [2.45, 2.75) is 39.8 Å². The molecule has 0 aliphatic heterocycles. The number of nitrogens with zero attached hydrogens (tertiary/aromatic N) is 2. The molecular formula is C26H27N3O. The molecule has 1 amide bonds. The van der Waals surface area contributed by atoms with Crippen molar-refractivity contribution < 1.29 is 4.79 Å². The Morgan fingerprint density at radius 1 is 1.00 bits per heavy atom. The van der Waals surface area contributed by atoms with Crippen molar-refractivity contribution in [3.8, 4) is 0 Å². The molecule has 3 aromatic carbocycles. The van der Waals surface area contributed by atoms with Gasteiger partial charge >= 0.3 is 0 Å². The third-order valence-corrected chi connectivity index (χ3v) is 5.60. The van der Waals surface area contributed by atoms with Crippen molar-refractivity contribution in [3.05, 3.63) is 101 Å². The van der Waals surface area contributed by atoms with E-state index in [2.05, 4.69) is 72.8 Å². The van der Waals surface area contributed by atoms with Gasteiger partial charge in [0.05, 0.1) is 24.3 Å². The summed E-state index contributed by atoms with van der Waals surface area (Å²) in [6.07, 6.45) is 2.86. The van der Waals surface area contributed by atoms with Crippen LogP contribution in [0.15, 0.2) is 72.9 Å². The van der Waals surface area contributed by atoms with E-state index < -0.39 is 0 Å². The highest BCUT2D eigenvalue weighted by atomic mass is 16.1. The maximum Gasteiger partial charge on any atom is 0.251 e. The second kappa shape index (κ2) is 8.54. The molecule has 4 aromatic rings. The average Bonchev–Trinajstić information content (AvgIpc) is 3.17. The van der Waals surface area contributed by atoms with Crippen LogP contribution in [-0.2, 0) is 13.0 Å². The quantitative estimate of drug-likeness (QED) is 0.470. The van der Waals surface area contributed by atoms with Gasteiger partial charge in [0.1, 0.15) is 0 Å². The van der Waals surface area contributed by atoms with E-state index in [0.29, 0.717) is 12.1 Å². The zero-order chi connectivity index (χ0) is 21.1. The third kappa shape index (κ3) is 4.28. The number of hydrogen-bond acceptors (Lipinski definition) is 2. The fourth-order valence-corrected chi connectivity index (χ4v) is 3.61. The molecule has 1 aromatic heterocycles. The van der Waals surface area contributed by atoms with Crippen molar-refractivity contribution in [2.24, 2.45) is 0 Å². The zero-order valence-corrected chi connectivity index (χ0v) is 17.7. The summed E-state index contributed by atoms with van der Waals surface area (Å²) in [6.45, 7) is 6.91. The molecule has 1 atom stereocenters. The van der Waals surface area contributed by atoms with Gasteiger partial charge in [-0.2, -0.15) is 5.10 Å². The fourth-order valence-electron chi connectivity index (χ4n) is 3.61. The summed E-state index contributed by atoms with van der Waals surface area (Å²) in [5.74, 6) is -0.0768. The van der Waals surface area contributed by atoms with Gasteiger partial charge in [-0.05, 0) is 49.1 Å². The first-order chi connectivity index (χ1) is 14.5. The third-order valence-electron chi connectivity index (χ3n) is 5.60. The summed E-state index contributed by atoms with van der Waals surface area (Å²) in [7, 11) is 0. The van der Waals surface area contributed by atoms with E-state index in [-0.39, 0.29) is 11.9 Å². The lowest BCUT2D eigenvalue weighted by molar-refractivity contribution is 0.0940. The number of hydrogen-bond donors (Lipinski definition) is 1. The highest BCUT2D eigenvalue weighted by Crippen LogP contribution is 2.19. The maximum atomic E-state index is 12.9. The minimum atomic E-state index is -0.0768. The largest absolute Gasteiger partial charge is 0.346 e. The molecule has 0 fully saturated rings. The number of rotatable bonds is 6. The second-order valence-corrected chi connectivity index (χ2v) is 7.85. The molecule has 152 valence electrons. The van der Waals surface area contributed by atoms with Crippen molar-refractivity contribution in [1.82, 2.24) is 15.1 Å². The Balaban J connectivity index is 1.53. The van der Waals surface area contributed by atoms with Crippen LogP contribution in [0.3, 0.4) is 0 Å². The van der Waals surface area contributed by atoms with Crippen molar-refractivity contribution in [3.63, 3.8) is 0 Å². The van der Waals surface area contributed by atoms with Crippen LogP contribution in [0.1, 0.15) is 52.5 Å². The molecule has 1 heterocycles. The molecule has 4 nitrogen and oxygen atoms in total. The maximum absolute atomic E-state index is 12.9. The molecule has 0 aliphatic carbocycles. The number of nitrogens with one attached hydrogen (secondary N) is 1. The van der Waals surface area contributed by atoms with E-state index in [1.54, 1.807) is 0 Å². The second-order valence-electron chi connectivity index (χ2n) is 7.85. The van der Waals surface area contributed by atoms with Crippen LogP contribution in [0.2, 0.25) is 0 Å². The molecule has 0 saturated heterocycles. The molecule has 1 N–H and O–H groups in total. The number of benzene rings is 3. The highest BCUT2D eigenvalue weighted by Gasteiger charge is 2.13. The Labute approximate surface area is 177 Å². The molecule has 0 unspecified atom stereocenters. The van der Waals surface area contributed by atoms with E-state index in [4.69, 9.17) is 0 Å². The van der Waals surface area contributed by atoms with E-state index in [0.717, 1.165) is 22.9 Å². The van der Waals surface area contributed by atoms with E-state index >= 15 is 0 Å². The molecule has 4 rings (SSSR count). The predicted octanol–water partition coefficient (Wildman–Crippen LogP) is 5.45. The summed E-state index contributed by atoms with van der Waals surface area (Å²) in [4.78, 5) is 12.9. The topological polar surface area (TPSA) is 46.9 Å². The lowest BCUT2D eigenvalue weighted by Crippen LogP contribution is -2.26. The minimum absolute atomic E-state index is 0.0587. The number of aryl methyl sites for hydroxylation is 2. The van der Waals surface area contributed by atoms with Crippen LogP contribution < -0.4 is 5.32 Å². The van der Waals surface area contributed by atoms with Crippen LogP contribution in [0, 0.1) is 6.92 Å². The first-order valence-corrected chi connectivity index (χ1v) is 10.4. The summed E-state index contributed by atoms with van der Waals surface area (Å²) >= 11 is 0. The Morgan fingerprint density at radius 2 is 1.70 bits per heavy atom. The van der Waals surface area contributed by atoms with Crippen molar-refractivity contribution in [1.29, 1.82) is 0 Å². The number of carbonyl (C=O) groups excluding carboxylic acids is 1. The van der Waals surface area contributed by atoms with Gasteiger partial charge in [-0.1, -0.05) is 67.1 Å². The normalized spacial score (nSPS) is 12.1. The van der Waals surface area contributed by atoms with Crippen LogP contribution >= 0.6 is 0 Å². The predicted molar refractivity (Wildman–Crippen MR) is 122 cm³/mol. The first-order valence-electron chi connectivity index (χ1n) is 10.4. The van der Waals surface area contributed by atoms with Crippen LogP contribution in [0.5, 0.6) is 0 Å². The van der Waals surface area contributed by atoms with Gasteiger partial charge < -0.3 is 5.32 Å². The zero-order valence-electron chi connectivity index (χ0n) is 17.7. The van der Waals surface area contributed by atoms with Gasteiger partial charge in [-0.3, -0.25) is 9.48 Å². The highest BCUT2D eigenvalue weighted by molar-refractivity contribution is 5.98. The summed E-state index contributed by atoms with van der Waals surface area (Å²) in [5, 5.41) is 8.67. The van der Waals surface area contributed by atoms with Gasteiger partial charge in [0, 0.05) is 10.9 Å². The standard InChI is InChI=1S/C26H27N3O/c1-4-20-9-11-22(12-10-20)19(3)28-26(30)23-13-14-24-16-27-29(25(24)15-23)17-21-7-5-18(2)6-8-21/h5-16,19H,4,17H2,1-3H3,(H,28,30)/t19-/m1/s1. The SMILES string of the molecule is CCc1ccc([C@@H](C)NC(=O)c2ccc3cnn(Cc4ccc(C)cc4)c3c2)cc1. The molecule has 0 bridgehead atoms. The molecular weight excluding hydrogens is 370 g/mol. The monoisotopic (exact) mass is 397 g/mol. The average molecular weight is 398 g/mol. The number of carbonyl (C=O) groups is 1. The van der Waals surface area contributed by atoms with Crippen molar-refractivity contribution >= 4 is 16.8 Å².